The summed E-state index contributed by atoms with van der Waals surface area (Å²) in [6.45, 7) is 2.69. The molecule has 0 radical (unpaired) electrons. The molecule has 0 saturated heterocycles. The van der Waals surface area contributed by atoms with E-state index in [-0.39, 0.29) is 21.4 Å². The highest BCUT2D eigenvalue weighted by molar-refractivity contribution is 6.43. The van der Waals surface area contributed by atoms with Gasteiger partial charge in [-0.15, -0.1) is 0 Å². The third kappa shape index (κ3) is 5.52. The highest BCUT2D eigenvalue weighted by Gasteiger charge is 2.31. The van der Waals surface area contributed by atoms with Crippen LogP contribution in [0.5, 0.6) is 5.75 Å². The molecule has 0 spiro atoms. The van der Waals surface area contributed by atoms with E-state index in [1.165, 1.54) is 32.1 Å². The normalized spacial score (nSPS) is 12.2. The van der Waals surface area contributed by atoms with E-state index in [2.05, 4.69) is 0 Å². The molecule has 154 valence electrons. The number of ketones is 1. The maximum absolute atomic E-state index is 12.6. The van der Waals surface area contributed by atoms with Crippen molar-refractivity contribution in [3.8, 4) is 5.75 Å². The number of rotatable bonds is 6. The second-order valence-electron chi connectivity index (χ2n) is 6.47. The molecule has 0 bridgehead atoms. The molecule has 4 nitrogen and oxygen atoms in total. The number of carbonyl (C=O) groups excluding carboxylic acids is 1. The number of aliphatic carboxylic acids is 1. The zero-order chi connectivity index (χ0) is 22.0. The lowest BCUT2D eigenvalue weighted by molar-refractivity contribution is -0.152. The van der Waals surface area contributed by atoms with Crippen LogP contribution in [0.1, 0.15) is 35.3 Å². The van der Waals surface area contributed by atoms with Gasteiger partial charge in [-0.05, 0) is 55.8 Å². The van der Waals surface area contributed by atoms with Gasteiger partial charge in [0.05, 0.1) is 10.6 Å². The third-order valence-corrected chi connectivity index (χ3v) is 4.75. The van der Waals surface area contributed by atoms with Gasteiger partial charge < -0.3 is 9.84 Å². The number of hydrogen-bond acceptors (Lipinski definition) is 3. The number of carboxylic acids is 1. The van der Waals surface area contributed by atoms with Gasteiger partial charge in [0.15, 0.2) is 11.4 Å². The summed E-state index contributed by atoms with van der Waals surface area (Å²) >= 11 is 12.3. The van der Waals surface area contributed by atoms with Crippen molar-refractivity contribution in [3.63, 3.8) is 0 Å². The van der Waals surface area contributed by atoms with Gasteiger partial charge in [0, 0.05) is 5.56 Å². The van der Waals surface area contributed by atoms with Crippen LogP contribution in [0, 0.1) is 0 Å². The summed E-state index contributed by atoms with van der Waals surface area (Å²) in [6, 6.07) is 6.67. The minimum absolute atomic E-state index is 0.0295. The summed E-state index contributed by atoms with van der Waals surface area (Å²) < 4.78 is 43.1. The number of benzene rings is 2. The fourth-order valence-electron chi connectivity index (χ4n) is 2.16. The van der Waals surface area contributed by atoms with Gasteiger partial charge in [-0.1, -0.05) is 35.3 Å². The summed E-state index contributed by atoms with van der Waals surface area (Å²) in [5, 5.41) is 9.11. The summed E-state index contributed by atoms with van der Waals surface area (Å²) in [5.41, 5.74) is -1.98. The van der Waals surface area contributed by atoms with E-state index in [4.69, 9.17) is 33.0 Å². The van der Waals surface area contributed by atoms with Gasteiger partial charge in [-0.3, -0.25) is 4.79 Å². The van der Waals surface area contributed by atoms with Crippen molar-refractivity contribution in [2.45, 2.75) is 25.6 Å². The van der Waals surface area contributed by atoms with Crippen molar-refractivity contribution in [3.05, 3.63) is 69.2 Å². The first kappa shape index (κ1) is 22.8. The Bertz CT molecular complexity index is 965. The first-order valence-electron chi connectivity index (χ1n) is 8.13. The monoisotopic (exact) mass is 446 g/mol. The molecule has 0 amide bonds. The van der Waals surface area contributed by atoms with Gasteiger partial charge >= 0.3 is 12.1 Å². The van der Waals surface area contributed by atoms with E-state index in [0.29, 0.717) is 5.56 Å². The highest BCUT2D eigenvalue weighted by atomic mass is 35.5. The Morgan fingerprint density at radius 2 is 1.59 bits per heavy atom. The van der Waals surface area contributed by atoms with Crippen LogP contribution in [0.3, 0.4) is 0 Å². The van der Waals surface area contributed by atoms with Crippen LogP contribution in [0.25, 0.3) is 6.08 Å². The fraction of sp³-hybridized carbons (Fsp3) is 0.200. The smallest absolute Gasteiger partial charge is 0.416 e. The van der Waals surface area contributed by atoms with Crippen molar-refractivity contribution >= 4 is 41.0 Å². The summed E-state index contributed by atoms with van der Waals surface area (Å²) in [5.74, 6) is -1.68. The molecule has 2 rings (SSSR count). The first-order chi connectivity index (χ1) is 13.3. The van der Waals surface area contributed by atoms with Crippen LogP contribution in [0.2, 0.25) is 10.0 Å². The topological polar surface area (TPSA) is 63.6 Å². The number of carbonyl (C=O) groups is 2. The second-order valence-corrected chi connectivity index (χ2v) is 7.23. The molecule has 0 aliphatic carbocycles. The molecule has 0 aliphatic rings. The third-order valence-electron chi connectivity index (χ3n) is 3.87. The molecular formula is C20H15Cl2F3O4. The molecule has 0 aromatic heterocycles. The van der Waals surface area contributed by atoms with E-state index in [0.717, 1.165) is 30.3 Å². The van der Waals surface area contributed by atoms with Gasteiger partial charge in [0.25, 0.3) is 0 Å². The van der Waals surface area contributed by atoms with Gasteiger partial charge in [-0.25, -0.2) is 4.79 Å². The molecule has 2 aromatic rings. The van der Waals surface area contributed by atoms with Crippen molar-refractivity contribution < 1.29 is 32.6 Å². The van der Waals surface area contributed by atoms with E-state index < -0.39 is 29.1 Å². The van der Waals surface area contributed by atoms with Crippen LogP contribution < -0.4 is 4.74 Å². The Kier molecular flexibility index (Phi) is 6.65. The molecule has 29 heavy (non-hydrogen) atoms. The molecule has 0 fully saturated rings. The average molecular weight is 447 g/mol. The highest BCUT2D eigenvalue weighted by Crippen LogP contribution is 2.37. The van der Waals surface area contributed by atoms with Gasteiger partial charge in [0.1, 0.15) is 10.8 Å². The van der Waals surface area contributed by atoms with Crippen molar-refractivity contribution in [2.75, 3.05) is 0 Å². The van der Waals surface area contributed by atoms with Crippen LogP contribution >= 0.6 is 23.2 Å². The maximum Gasteiger partial charge on any atom is 0.416 e. The predicted octanol–water partition coefficient (Wildman–Crippen LogP) is 6.15. The molecule has 0 unspecified atom stereocenters. The van der Waals surface area contributed by atoms with Gasteiger partial charge in [0.2, 0.25) is 0 Å². The van der Waals surface area contributed by atoms with Crippen LogP contribution in [-0.2, 0) is 11.0 Å². The molecule has 0 heterocycles. The van der Waals surface area contributed by atoms with Crippen molar-refractivity contribution in [1.29, 1.82) is 0 Å². The summed E-state index contributed by atoms with van der Waals surface area (Å²) in [7, 11) is 0. The first-order valence-corrected chi connectivity index (χ1v) is 8.88. The minimum Gasteiger partial charge on any atom is -0.478 e. The molecule has 1 N–H and O–H groups in total. The Labute approximate surface area is 174 Å². The van der Waals surface area contributed by atoms with Crippen LogP contribution in [0.4, 0.5) is 13.2 Å². The largest absolute Gasteiger partial charge is 0.478 e. The van der Waals surface area contributed by atoms with E-state index in [9.17, 15) is 22.8 Å². The lowest BCUT2D eigenvalue weighted by Crippen LogP contribution is -2.37. The van der Waals surface area contributed by atoms with Crippen molar-refractivity contribution in [2.24, 2.45) is 0 Å². The van der Waals surface area contributed by atoms with E-state index in [1.807, 2.05) is 0 Å². The minimum atomic E-state index is -4.49. The summed E-state index contributed by atoms with van der Waals surface area (Å²) in [4.78, 5) is 23.3. The van der Waals surface area contributed by atoms with E-state index in [1.54, 1.807) is 0 Å². The number of allylic oxidation sites excluding steroid dienone is 1. The lowest BCUT2D eigenvalue weighted by atomic mass is 10.1. The number of ether oxygens (including phenoxy) is 1. The number of hydrogen-bond donors (Lipinski definition) is 1. The van der Waals surface area contributed by atoms with Crippen LogP contribution in [0.15, 0.2) is 42.5 Å². The molecule has 9 heteroatoms. The standard InChI is InChI=1S/C20H15Cl2F3O4/c1-19(2,18(27)28)29-15-10-6-12(16(21)17(15)22)5-9-14(26)11-3-7-13(8-4-11)20(23,24)25/h3-10H,1-2H3,(H,27,28). The number of carboxylic acid groups (broad SMARTS) is 1. The Morgan fingerprint density at radius 1 is 1.00 bits per heavy atom. The number of alkyl halides is 3. The van der Waals surface area contributed by atoms with Gasteiger partial charge in [-0.2, -0.15) is 13.2 Å². The average Bonchev–Trinajstić information content (AvgIpc) is 2.64. The molecule has 0 aliphatic heterocycles. The predicted molar refractivity (Wildman–Crippen MR) is 104 cm³/mol. The Morgan fingerprint density at radius 3 is 2.10 bits per heavy atom. The molecule has 0 atom stereocenters. The second kappa shape index (κ2) is 8.47. The maximum atomic E-state index is 12.6. The molecule has 2 aromatic carbocycles. The molecular weight excluding hydrogens is 432 g/mol. The zero-order valence-electron chi connectivity index (χ0n) is 15.2. The SMILES string of the molecule is CC(C)(Oc1ccc(C=CC(=O)c2ccc(C(F)(F)F)cc2)c(Cl)c1Cl)C(=O)O. The molecule has 0 saturated carbocycles. The fourth-order valence-corrected chi connectivity index (χ4v) is 2.59. The lowest BCUT2D eigenvalue weighted by Gasteiger charge is -2.22. The number of halogens is 5. The van der Waals surface area contributed by atoms with Crippen LogP contribution in [-0.4, -0.2) is 22.5 Å². The van der Waals surface area contributed by atoms with Crippen molar-refractivity contribution in [1.82, 2.24) is 0 Å². The Balaban J connectivity index is 2.21. The van der Waals surface area contributed by atoms with E-state index >= 15 is 0 Å². The Hall–Kier alpha value is -2.51. The zero-order valence-corrected chi connectivity index (χ0v) is 16.7. The summed E-state index contributed by atoms with van der Waals surface area (Å²) in [6.07, 6.45) is -2.00. The quantitative estimate of drug-likeness (QED) is 0.426.